The molecule has 0 bridgehead atoms. The van der Waals surface area contributed by atoms with Crippen molar-refractivity contribution in [3.63, 3.8) is 0 Å². The van der Waals surface area contributed by atoms with Crippen LogP contribution in [0.15, 0.2) is 18.5 Å². The fourth-order valence-corrected chi connectivity index (χ4v) is 2.63. The molecule has 1 aromatic heterocycles. The lowest BCUT2D eigenvalue weighted by atomic mass is 9.97. The molecule has 3 rings (SSSR count). The van der Waals surface area contributed by atoms with E-state index < -0.39 is 0 Å². The van der Waals surface area contributed by atoms with Crippen molar-refractivity contribution in [2.24, 2.45) is 5.92 Å². The van der Waals surface area contributed by atoms with E-state index >= 15 is 0 Å². The van der Waals surface area contributed by atoms with Gasteiger partial charge < -0.3 is 9.80 Å². The molecule has 0 atom stereocenters. The minimum atomic E-state index is 0.145. The number of aromatic nitrogens is 2. The summed E-state index contributed by atoms with van der Waals surface area (Å²) in [6, 6.07) is 1.81. The molecule has 3 heterocycles. The number of piperidine rings is 1. The number of likely N-dealkylation sites (tertiary alicyclic amines) is 1. The first-order chi connectivity index (χ1) is 8.84. The number of amides is 1. The Hall–Kier alpha value is -1.65. The highest BCUT2D eigenvalue weighted by Gasteiger charge is 2.36. The molecule has 2 aliphatic heterocycles. The van der Waals surface area contributed by atoms with Crippen LogP contribution in [0.2, 0.25) is 0 Å². The van der Waals surface area contributed by atoms with Crippen LogP contribution in [0.3, 0.4) is 0 Å². The molecule has 1 amide bonds. The van der Waals surface area contributed by atoms with Gasteiger partial charge in [-0.05, 0) is 25.3 Å². The Kier molecular flexibility index (Phi) is 3.13. The Morgan fingerprint density at radius 1 is 1.11 bits per heavy atom. The molecule has 2 saturated heterocycles. The quantitative estimate of drug-likeness (QED) is 0.779. The predicted octanol–water partition coefficient (Wildman–Crippen LogP) is 0.925. The first kappa shape index (κ1) is 11.4. The zero-order valence-electron chi connectivity index (χ0n) is 10.5. The molecular weight excluding hydrogens is 228 g/mol. The average molecular weight is 246 g/mol. The molecule has 0 saturated carbocycles. The lowest BCUT2D eigenvalue weighted by Gasteiger charge is -2.41. The monoisotopic (exact) mass is 246 g/mol. The number of rotatable bonds is 2. The molecular formula is C13H18N4O. The zero-order valence-corrected chi connectivity index (χ0v) is 10.5. The van der Waals surface area contributed by atoms with Gasteiger partial charge in [0.25, 0.3) is 0 Å². The van der Waals surface area contributed by atoms with Gasteiger partial charge in [0.15, 0.2) is 0 Å². The molecule has 0 radical (unpaired) electrons. The van der Waals surface area contributed by atoms with Crippen molar-refractivity contribution in [1.82, 2.24) is 14.9 Å². The highest BCUT2D eigenvalue weighted by molar-refractivity contribution is 5.81. The first-order valence-electron chi connectivity index (χ1n) is 6.65. The van der Waals surface area contributed by atoms with Crippen molar-refractivity contribution in [1.29, 1.82) is 0 Å². The maximum absolute atomic E-state index is 12.2. The summed E-state index contributed by atoms with van der Waals surface area (Å²) in [5, 5.41) is 0. The van der Waals surface area contributed by atoms with E-state index in [1.807, 2.05) is 4.90 Å². The molecule has 0 spiro atoms. The van der Waals surface area contributed by atoms with Crippen molar-refractivity contribution >= 4 is 11.9 Å². The van der Waals surface area contributed by atoms with Crippen molar-refractivity contribution in [2.45, 2.75) is 19.3 Å². The van der Waals surface area contributed by atoms with Crippen LogP contribution in [-0.2, 0) is 4.79 Å². The van der Waals surface area contributed by atoms with Crippen LogP contribution < -0.4 is 4.90 Å². The van der Waals surface area contributed by atoms with E-state index in [1.54, 1.807) is 18.5 Å². The van der Waals surface area contributed by atoms with Gasteiger partial charge in [0, 0.05) is 38.6 Å². The number of hydrogen-bond donors (Lipinski definition) is 0. The van der Waals surface area contributed by atoms with Crippen LogP contribution in [-0.4, -0.2) is 47.0 Å². The predicted molar refractivity (Wildman–Crippen MR) is 68.2 cm³/mol. The van der Waals surface area contributed by atoms with Crippen molar-refractivity contribution < 1.29 is 4.79 Å². The molecule has 2 aliphatic rings. The summed E-state index contributed by atoms with van der Waals surface area (Å²) in [7, 11) is 0. The maximum atomic E-state index is 12.2. The number of hydrogen-bond acceptors (Lipinski definition) is 4. The molecule has 1 aromatic rings. The van der Waals surface area contributed by atoms with Gasteiger partial charge in [0.2, 0.25) is 11.9 Å². The second-order valence-corrected chi connectivity index (χ2v) is 5.04. The molecule has 0 aliphatic carbocycles. The number of carbonyl (C=O) groups is 1. The summed E-state index contributed by atoms with van der Waals surface area (Å²) in [6.07, 6.45) is 7.05. The second kappa shape index (κ2) is 4.92. The maximum Gasteiger partial charge on any atom is 0.229 e. The molecule has 0 aromatic carbocycles. The molecule has 0 N–H and O–H groups in total. The standard InChI is InChI=1S/C13H18N4O/c18-12(16-7-2-1-3-8-16)11-9-17(10-11)13-14-5-4-6-15-13/h4-6,11H,1-3,7-10H2. The fraction of sp³-hybridized carbons (Fsp3) is 0.615. The fourth-order valence-electron chi connectivity index (χ4n) is 2.63. The Balaban J connectivity index is 1.54. The van der Waals surface area contributed by atoms with Gasteiger partial charge in [-0.15, -0.1) is 0 Å². The van der Waals surface area contributed by atoms with E-state index in [4.69, 9.17) is 0 Å². The largest absolute Gasteiger partial charge is 0.342 e. The van der Waals surface area contributed by atoms with Crippen LogP contribution in [0.1, 0.15) is 19.3 Å². The molecule has 2 fully saturated rings. The number of nitrogens with zero attached hydrogens (tertiary/aromatic N) is 4. The molecule has 18 heavy (non-hydrogen) atoms. The van der Waals surface area contributed by atoms with Crippen LogP contribution >= 0.6 is 0 Å². The van der Waals surface area contributed by atoms with Gasteiger partial charge >= 0.3 is 0 Å². The first-order valence-corrected chi connectivity index (χ1v) is 6.65. The summed E-state index contributed by atoms with van der Waals surface area (Å²) in [5.41, 5.74) is 0. The summed E-state index contributed by atoms with van der Waals surface area (Å²) >= 11 is 0. The van der Waals surface area contributed by atoms with Gasteiger partial charge in [-0.2, -0.15) is 0 Å². The van der Waals surface area contributed by atoms with Crippen molar-refractivity contribution in [3.05, 3.63) is 18.5 Å². The lowest BCUT2D eigenvalue weighted by Crippen LogP contribution is -2.55. The van der Waals surface area contributed by atoms with E-state index in [9.17, 15) is 4.79 Å². The molecule has 5 heteroatoms. The van der Waals surface area contributed by atoms with E-state index in [-0.39, 0.29) is 5.92 Å². The van der Waals surface area contributed by atoms with Gasteiger partial charge in [-0.25, -0.2) is 9.97 Å². The van der Waals surface area contributed by atoms with Gasteiger partial charge in [-0.1, -0.05) is 0 Å². The summed E-state index contributed by atoms with van der Waals surface area (Å²) < 4.78 is 0. The topological polar surface area (TPSA) is 49.3 Å². The Labute approximate surface area is 107 Å². The van der Waals surface area contributed by atoms with E-state index in [0.717, 1.165) is 45.0 Å². The summed E-state index contributed by atoms with van der Waals surface area (Å²) in [6.45, 7) is 3.41. The van der Waals surface area contributed by atoms with Crippen LogP contribution in [0, 0.1) is 5.92 Å². The molecule has 96 valence electrons. The summed E-state index contributed by atoms with van der Waals surface area (Å²) in [5.74, 6) is 1.20. The lowest BCUT2D eigenvalue weighted by molar-refractivity contribution is -0.137. The Bertz CT molecular complexity index is 410. The van der Waals surface area contributed by atoms with Gasteiger partial charge in [0.05, 0.1) is 5.92 Å². The van der Waals surface area contributed by atoms with Gasteiger partial charge in [0.1, 0.15) is 0 Å². The van der Waals surface area contributed by atoms with Crippen LogP contribution in [0.25, 0.3) is 0 Å². The third kappa shape index (κ3) is 2.17. The normalized spacial score (nSPS) is 20.7. The van der Waals surface area contributed by atoms with Crippen molar-refractivity contribution in [2.75, 3.05) is 31.1 Å². The average Bonchev–Trinajstić information content (AvgIpc) is 2.39. The van der Waals surface area contributed by atoms with E-state index in [2.05, 4.69) is 14.9 Å². The van der Waals surface area contributed by atoms with Crippen LogP contribution in [0.5, 0.6) is 0 Å². The third-order valence-corrected chi connectivity index (χ3v) is 3.73. The van der Waals surface area contributed by atoms with Crippen LogP contribution in [0.4, 0.5) is 5.95 Å². The smallest absolute Gasteiger partial charge is 0.229 e. The second-order valence-electron chi connectivity index (χ2n) is 5.04. The highest BCUT2D eigenvalue weighted by Crippen LogP contribution is 2.23. The third-order valence-electron chi connectivity index (χ3n) is 3.73. The van der Waals surface area contributed by atoms with E-state index in [1.165, 1.54) is 6.42 Å². The minimum Gasteiger partial charge on any atom is -0.342 e. The van der Waals surface area contributed by atoms with E-state index in [0.29, 0.717) is 5.91 Å². The van der Waals surface area contributed by atoms with Crippen molar-refractivity contribution in [3.8, 4) is 0 Å². The summed E-state index contributed by atoms with van der Waals surface area (Å²) in [4.78, 5) is 24.7. The van der Waals surface area contributed by atoms with Gasteiger partial charge in [-0.3, -0.25) is 4.79 Å². The Morgan fingerprint density at radius 3 is 2.44 bits per heavy atom. The number of carbonyl (C=O) groups excluding carboxylic acids is 1. The zero-order chi connectivity index (χ0) is 12.4. The molecule has 5 nitrogen and oxygen atoms in total. The highest BCUT2D eigenvalue weighted by atomic mass is 16.2. The molecule has 0 unspecified atom stereocenters. The SMILES string of the molecule is O=C(C1CN(c2ncccn2)C1)N1CCCCC1. The Morgan fingerprint density at radius 2 is 1.78 bits per heavy atom. The minimum absolute atomic E-state index is 0.145. The number of anilines is 1.